The third kappa shape index (κ3) is 5.05. The van der Waals surface area contributed by atoms with Crippen molar-refractivity contribution < 1.29 is 22.1 Å². The van der Waals surface area contributed by atoms with Gasteiger partial charge in [-0.05, 0) is 49.7 Å². The van der Waals surface area contributed by atoms with Crippen molar-refractivity contribution >= 4 is 29.1 Å². The van der Waals surface area contributed by atoms with Crippen LogP contribution in [0, 0.1) is 5.82 Å². The summed E-state index contributed by atoms with van der Waals surface area (Å²) >= 11 is 0. The number of aryl methyl sites for hydroxylation is 1. The second-order valence-electron chi connectivity index (χ2n) is 7.25. The number of fused-ring (bicyclic) bond motifs is 1. The quantitative estimate of drug-likeness (QED) is 0.510. The van der Waals surface area contributed by atoms with Crippen LogP contribution in [0.5, 0.6) is 0 Å². The zero-order valence-corrected chi connectivity index (χ0v) is 17.0. The Morgan fingerprint density at radius 1 is 1.00 bits per heavy atom. The van der Waals surface area contributed by atoms with E-state index in [-0.39, 0.29) is 18.2 Å². The fourth-order valence-electron chi connectivity index (χ4n) is 3.72. The van der Waals surface area contributed by atoms with Crippen LogP contribution in [0.2, 0.25) is 0 Å². The molecule has 0 atom stereocenters. The molecule has 1 saturated heterocycles. The molecule has 0 bridgehead atoms. The Bertz CT molecular complexity index is 984. The van der Waals surface area contributed by atoms with Gasteiger partial charge in [-0.25, -0.2) is 4.39 Å². The number of hydrogen-bond donors (Lipinski definition) is 0. The summed E-state index contributed by atoms with van der Waals surface area (Å²) in [7, 11) is 0. The summed E-state index contributed by atoms with van der Waals surface area (Å²) < 4.78 is 57.1. The maximum Gasteiger partial charge on any atom is 0.416 e. The number of alkyl halides is 3. The van der Waals surface area contributed by atoms with Crippen molar-refractivity contribution in [3.63, 3.8) is 0 Å². The van der Waals surface area contributed by atoms with Gasteiger partial charge < -0.3 is 9.42 Å². The van der Waals surface area contributed by atoms with E-state index in [1.165, 1.54) is 24.3 Å². The number of benzene rings is 2. The maximum atomic E-state index is 13.2. The van der Waals surface area contributed by atoms with Crippen molar-refractivity contribution in [2.24, 2.45) is 0 Å². The minimum atomic E-state index is -4.32. The Morgan fingerprint density at radius 3 is 2.50 bits per heavy atom. The average Bonchev–Trinajstić information content (AvgIpc) is 3.10. The Hall–Kier alpha value is -2.32. The SMILES string of the molecule is Cl.Fc1ccc2c(CCCN3CCN(c4cccc(C(F)(F)F)c4)CC3)noc2c1. The predicted octanol–water partition coefficient (Wildman–Crippen LogP) is 5.16. The Kier molecular flexibility index (Phi) is 6.88. The van der Waals surface area contributed by atoms with E-state index in [9.17, 15) is 17.6 Å². The molecule has 30 heavy (non-hydrogen) atoms. The van der Waals surface area contributed by atoms with Gasteiger partial charge >= 0.3 is 6.18 Å². The molecule has 2 aromatic carbocycles. The standard InChI is InChI=1S/C21H21F4N3O.ClH/c22-16-6-7-18-19(26-29-20(18)14-16)5-2-8-27-9-11-28(12-10-27)17-4-1-3-15(13-17)21(23,24)25;/h1,3-4,6-7,13-14H,2,5,8-12H2;1H. The van der Waals surface area contributed by atoms with Crippen LogP contribution in [0.25, 0.3) is 11.0 Å². The Morgan fingerprint density at radius 2 is 1.77 bits per heavy atom. The normalized spacial score (nSPS) is 15.4. The van der Waals surface area contributed by atoms with Crippen LogP contribution in [0.4, 0.5) is 23.2 Å². The first-order chi connectivity index (χ1) is 13.9. The molecule has 1 aliphatic heterocycles. The highest BCUT2D eigenvalue weighted by Gasteiger charge is 2.31. The zero-order valence-electron chi connectivity index (χ0n) is 16.2. The first-order valence-corrected chi connectivity index (χ1v) is 9.58. The highest BCUT2D eigenvalue weighted by Crippen LogP contribution is 2.32. The molecule has 0 amide bonds. The van der Waals surface area contributed by atoms with E-state index < -0.39 is 11.7 Å². The molecule has 0 spiro atoms. The van der Waals surface area contributed by atoms with Gasteiger partial charge in [0.15, 0.2) is 5.58 Å². The molecule has 162 valence electrons. The van der Waals surface area contributed by atoms with E-state index in [0.717, 1.165) is 49.6 Å². The average molecular weight is 444 g/mol. The first kappa shape index (κ1) is 22.4. The molecule has 2 heterocycles. The molecule has 0 unspecified atom stereocenters. The minimum Gasteiger partial charge on any atom is -0.369 e. The second-order valence-corrected chi connectivity index (χ2v) is 7.25. The van der Waals surface area contributed by atoms with Crippen LogP contribution in [-0.2, 0) is 12.6 Å². The third-order valence-corrected chi connectivity index (χ3v) is 5.31. The number of rotatable bonds is 5. The molecule has 0 saturated carbocycles. The van der Waals surface area contributed by atoms with Gasteiger partial charge in [0, 0.05) is 43.3 Å². The number of hydrogen-bond acceptors (Lipinski definition) is 4. The van der Waals surface area contributed by atoms with Gasteiger partial charge in [0.1, 0.15) is 5.82 Å². The molecule has 1 aliphatic rings. The lowest BCUT2D eigenvalue weighted by atomic mass is 10.1. The van der Waals surface area contributed by atoms with Gasteiger partial charge in [-0.1, -0.05) is 11.2 Å². The van der Waals surface area contributed by atoms with Crippen molar-refractivity contribution in [1.82, 2.24) is 10.1 Å². The largest absolute Gasteiger partial charge is 0.416 e. The van der Waals surface area contributed by atoms with E-state index in [0.29, 0.717) is 24.4 Å². The minimum absolute atomic E-state index is 0. The monoisotopic (exact) mass is 443 g/mol. The van der Waals surface area contributed by atoms with Gasteiger partial charge in [-0.15, -0.1) is 12.4 Å². The molecule has 4 nitrogen and oxygen atoms in total. The highest BCUT2D eigenvalue weighted by molar-refractivity contribution is 5.85. The maximum absolute atomic E-state index is 13.2. The van der Waals surface area contributed by atoms with Gasteiger partial charge in [-0.2, -0.15) is 13.2 Å². The van der Waals surface area contributed by atoms with Crippen molar-refractivity contribution in [3.8, 4) is 0 Å². The fourth-order valence-corrected chi connectivity index (χ4v) is 3.72. The molecule has 0 aliphatic carbocycles. The van der Waals surface area contributed by atoms with E-state index >= 15 is 0 Å². The van der Waals surface area contributed by atoms with Crippen molar-refractivity contribution in [3.05, 3.63) is 59.5 Å². The lowest BCUT2D eigenvalue weighted by Crippen LogP contribution is -2.46. The summed E-state index contributed by atoms with van der Waals surface area (Å²) in [6.45, 7) is 3.83. The van der Waals surface area contributed by atoms with Gasteiger partial charge in [0.2, 0.25) is 0 Å². The molecule has 1 fully saturated rings. The van der Waals surface area contributed by atoms with Gasteiger partial charge in [0.25, 0.3) is 0 Å². The molecular formula is C21H22ClF4N3O. The lowest BCUT2D eigenvalue weighted by Gasteiger charge is -2.36. The summed E-state index contributed by atoms with van der Waals surface area (Å²) in [5, 5.41) is 4.87. The van der Waals surface area contributed by atoms with Crippen LogP contribution in [-0.4, -0.2) is 42.8 Å². The third-order valence-electron chi connectivity index (χ3n) is 5.31. The van der Waals surface area contributed by atoms with E-state index in [1.807, 2.05) is 4.90 Å². The highest BCUT2D eigenvalue weighted by atomic mass is 35.5. The topological polar surface area (TPSA) is 32.5 Å². The molecule has 0 radical (unpaired) electrons. The Balaban J connectivity index is 0.00000256. The molecule has 9 heteroatoms. The number of halogens is 5. The van der Waals surface area contributed by atoms with Gasteiger partial charge in [0.05, 0.1) is 11.3 Å². The summed E-state index contributed by atoms with van der Waals surface area (Å²) in [5.41, 5.74) is 1.27. The van der Waals surface area contributed by atoms with E-state index in [1.54, 1.807) is 12.1 Å². The van der Waals surface area contributed by atoms with Crippen LogP contribution >= 0.6 is 12.4 Å². The number of nitrogens with zero attached hydrogens (tertiary/aromatic N) is 3. The summed E-state index contributed by atoms with van der Waals surface area (Å²) in [4.78, 5) is 4.29. The molecule has 0 N–H and O–H groups in total. The smallest absolute Gasteiger partial charge is 0.369 e. The zero-order chi connectivity index (χ0) is 20.4. The van der Waals surface area contributed by atoms with Crippen LogP contribution < -0.4 is 4.90 Å². The van der Waals surface area contributed by atoms with Crippen LogP contribution in [0.15, 0.2) is 47.0 Å². The summed E-state index contributed by atoms with van der Waals surface area (Å²) in [5.74, 6) is -0.348. The van der Waals surface area contributed by atoms with Crippen molar-refractivity contribution in [1.29, 1.82) is 0 Å². The molecule has 3 aromatic rings. The van der Waals surface area contributed by atoms with Gasteiger partial charge in [-0.3, -0.25) is 4.90 Å². The summed E-state index contributed by atoms with van der Waals surface area (Å²) in [6.07, 6.45) is -2.72. The van der Waals surface area contributed by atoms with Crippen LogP contribution in [0.3, 0.4) is 0 Å². The Labute approximate surface area is 177 Å². The number of anilines is 1. The van der Waals surface area contributed by atoms with E-state index in [2.05, 4.69) is 10.1 Å². The fraction of sp³-hybridized carbons (Fsp3) is 0.381. The summed E-state index contributed by atoms with van der Waals surface area (Å²) in [6, 6.07) is 9.91. The molecule has 1 aromatic heterocycles. The number of aromatic nitrogens is 1. The first-order valence-electron chi connectivity index (χ1n) is 9.58. The number of piperazine rings is 1. The van der Waals surface area contributed by atoms with E-state index in [4.69, 9.17) is 4.52 Å². The van der Waals surface area contributed by atoms with Crippen molar-refractivity contribution in [2.45, 2.75) is 19.0 Å². The van der Waals surface area contributed by atoms with Crippen molar-refractivity contribution in [2.75, 3.05) is 37.6 Å². The predicted molar refractivity (Wildman–Crippen MR) is 110 cm³/mol. The molecular weight excluding hydrogens is 422 g/mol. The molecule has 4 rings (SSSR count). The second kappa shape index (κ2) is 9.22. The lowest BCUT2D eigenvalue weighted by molar-refractivity contribution is -0.137. The van der Waals surface area contributed by atoms with Crippen LogP contribution in [0.1, 0.15) is 17.7 Å².